The molecule has 1 aromatic heterocycles. The van der Waals surface area contributed by atoms with Gasteiger partial charge in [0.1, 0.15) is 11.9 Å². The number of aromatic nitrogens is 1. The molecule has 1 rings (SSSR count). The Balaban J connectivity index is 2.81. The summed E-state index contributed by atoms with van der Waals surface area (Å²) in [5, 5.41) is 31.3. The van der Waals surface area contributed by atoms with E-state index in [1.54, 1.807) is 13.0 Å². The zero-order chi connectivity index (χ0) is 13.7. The van der Waals surface area contributed by atoms with Crippen molar-refractivity contribution in [3.8, 4) is 6.07 Å². The summed E-state index contributed by atoms with van der Waals surface area (Å²) in [7, 11) is 0. The predicted octanol–water partition coefficient (Wildman–Crippen LogP) is -0.0185. The highest BCUT2D eigenvalue weighted by Gasteiger charge is 2.16. The molecule has 0 aliphatic carbocycles. The van der Waals surface area contributed by atoms with E-state index in [0.717, 1.165) is 0 Å². The number of aliphatic hydroxyl groups excluding tert-OH is 1. The molecule has 2 unspecified atom stereocenters. The molecule has 0 aliphatic heterocycles. The van der Waals surface area contributed by atoms with E-state index in [1.165, 1.54) is 12.1 Å². The average molecular weight is 251 g/mol. The SMILES string of the molecule is CC(O)C(N)CNc1ccc([N+](=O)[O-])c(C#N)n1. The first-order valence-corrected chi connectivity index (χ1v) is 5.18. The van der Waals surface area contributed by atoms with Crippen LogP contribution in [0, 0.1) is 21.4 Å². The highest BCUT2D eigenvalue weighted by Crippen LogP contribution is 2.17. The fraction of sp³-hybridized carbons (Fsp3) is 0.400. The number of nitro groups is 1. The van der Waals surface area contributed by atoms with E-state index in [4.69, 9.17) is 11.0 Å². The van der Waals surface area contributed by atoms with Crippen molar-refractivity contribution in [2.24, 2.45) is 5.73 Å². The lowest BCUT2D eigenvalue weighted by Crippen LogP contribution is -2.38. The third-order valence-electron chi connectivity index (χ3n) is 2.32. The fourth-order valence-electron chi connectivity index (χ4n) is 1.17. The molecule has 18 heavy (non-hydrogen) atoms. The van der Waals surface area contributed by atoms with Gasteiger partial charge in [-0.2, -0.15) is 5.26 Å². The van der Waals surface area contributed by atoms with Crippen molar-refractivity contribution in [2.75, 3.05) is 11.9 Å². The molecule has 0 spiro atoms. The summed E-state index contributed by atoms with van der Waals surface area (Å²) in [6.45, 7) is 1.80. The van der Waals surface area contributed by atoms with Gasteiger partial charge in [-0.1, -0.05) is 0 Å². The molecule has 2 atom stereocenters. The van der Waals surface area contributed by atoms with Crippen LogP contribution in [0.25, 0.3) is 0 Å². The first-order valence-electron chi connectivity index (χ1n) is 5.18. The Morgan fingerprint density at radius 1 is 1.72 bits per heavy atom. The largest absolute Gasteiger partial charge is 0.392 e. The Bertz CT molecular complexity index is 483. The Labute approximate surface area is 103 Å². The number of nitriles is 1. The summed E-state index contributed by atoms with van der Waals surface area (Å²) in [5.41, 5.74) is 4.99. The summed E-state index contributed by atoms with van der Waals surface area (Å²) in [6.07, 6.45) is -0.689. The number of anilines is 1. The Hall–Kier alpha value is -2.24. The van der Waals surface area contributed by atoms with Crippen LogP contribution in [0.3, 0.4) is 0 Å². The summed E-state index contributed by atoms with van der Waals surface area (Å²) in [5.74, 6) is 0.299. The molecule has 1 aromatic rings. The molecule has 0 saturated carbocycles. The van der Waals surface area contributed by atoms with Crippen LogP contribution < -0.4 is 11.1 Å². The molecule has 1 heterocycles. The lowest BCUT2D eigenvalue weighted by molar-refractivity contribution is -0.385. The summed E-state index contributed by atoms with van der Waals surface area (Å²) >= 11 is 0. The van der Waals surface area contributed by atoms with Crippen molar-refractivity contribution in [3.05, 3.63) is 27.9 Å². The first-order chi connectivity index (χ1) is 8.45. The topological polar surface area (TPSA) is 138 Å². The molecule has 0 aliphatic rings. The standard InChI is InChI=1S/C10H13N5O3/c1-6(16)7(12)5-13-10-3-2-9(15(17)18)8(4-11)14-10/h2-3,6-7,16H,5,12H2,1H3,(H,13,14). The van der Waals surface area contributed by atoms with Crippen LogP contribution in [0.5, 0.6) is 0 Å². The highest BCUT2D eigenvalue weighted by molar-refractivity contribution is 5.50. The zero-order valence-electron chi connectivity index (χ0n) is 9.70. The second-order valence-electron chi connectivity index (χ2n) is 3.72. The van der Waals surface area contributed by atoms with Crippen molar-refractivity contribution in [1.82, 2.24) is 4.98 Å². The molecule has 0 fully saturated rings. The van der Waals surface area contributed by atoms with Gasteiger partial charge >= 0.3 is 5.69 Å². The van der Waals surface area contributed by atoms with Crippen molar-refractivity contribution in [1.29, 1.82) is 5.26 Å². The van der Waals surface area contributed by atoms with Gasteiger partial charge < -0.3 is 16.2 Å². The molecule has 0 bridgehead atoms. The number of nitrogens with zero attached hydrogens (tertiary/aromatic N) is 3. The van der Waals surface area contributed by atoms with E-state index in [1.807, 2.05) is 0 Å². The van der Waals surface area contributed by atoms with Gasteiger partial charge in [0.2, 0.25) is 5.69 Å². The van der Waals surface area contributed by atoms with Crippen LogP contribution in [-0.2, 0) is 0 Å². The van der Waals surface area contributed by atoms with Crippen LogP contribution in [-0.4, -0.2) is 33.7 Å². The van der Waals surface area contributed by atoms with Gasteiger partial charge in [-0.3, -0.25) is 10.1 Å². The Morgan fingerprint density at radius 2 is 2.39 bits per heavy atom. The monoisotopic (exact) mass is 251 g/mol. The molecule has 0 amide bonds. The molecule has 8 heteroatoms. The van der Waals surface area contributed by atoms with Crippen LogP contribution in [0.1, 0.15) is 12.6 Å². The van der Waals surface area contributed by atoms with E-state index in [0.29, 0.717) is 5.82 Å². The van der Waals surface area contributed by atoms with E-state index in [2.05, 4.69) is 10.3 Å². The molecule has 0 radical (unpaired) electrons. The van der Waals surface area contributed by atoms with E-state index in [9.17, 15) is 15.2 Å². The molecule has 4 N–H and O–H groups in total. The number of aliphatic hydroxyl groups is 1. The Morgan fingerprint density at radius 3 is 2.89 bits per heavy atom. The van der Waals surface area contributed by atoms with Crippen LogP contribution in [0.4, 0.5) is 11.5 Å². The van der Waals surface area contributed by atoms with Crippen LogP contribution in [0.15, 0.2) is 12.1 Å². The quantitative estimate of drug-likeness (QED) is 0.493. The number of nitrogens with two attached hydrogens (primary N) is 1. The number of rotatable bonds is 5. The van der Waals surface area contributed by atoms with Crippen molar-refractivity contribution >= 4 is 11.5 Å². The second kappa shape index (κ2) is 5.90. The van der Waals surface area contributed by atoms with Gasteiger partial charge in [0, 0.05) is 18.7 Å². The van der Waals surface area contributed by atoms with Gasteiger partial charge in [-0.25, -0.2) is 4.98 Å². The van der Waals surface area contributed by atoms with Gasteiger partial charge in [-0.15, -0.1) is 0 Å². The smallest absolute Gasteiger partial charge is 0.305 e. The van der Waals surface area contributed by atoms with Crippen LogP contribution in [0.2, 0.25) is 0 Å². The molecule has 96 valence electrons. The van der Waals surface area contributed by atoms with Crippen LogP contribution >= 0.6 is 0 Å². The lowest BCUT2D eigenvalue weighted by atomic mass is 10.2. The zero-order valence-corrected chi connectivity index (χ0v) is 9.70. The number of hydrogen-bond acceptors (Lipinski definition) is 7. The lowest BCUT2D eigenvalue weighted by Gasteiger charge is -2.15. The summed E-state index contributed by atoms with van der Waals surface area (Å²) < 4.78 is 0. The van der Waals surface area contributed by atoms with Gasteiger partial charge in [-0.05, 0) is 13.0 Å². The molecule has 0 aromatic carbocycles. The van der Waals surface area contributed by atoms with E-state index >= 15 is 0 Å². The third-order valence-corrected chi connectivity index (χ3v) is 2.32. The van der Waals surface area contributed by atoms with E-state index in [-0.39, 0.29) is 17.9 Å². The second-order valence-corrected chi connectivity index (χ2v) is 3.72. The number of nitrogens with one attached hydrogen (secondary N) is 1. The summed E-state index contributed by atoms with van der Waals surface area (Å²) in [4.78, 5) is 13.7. The maximum absolute atomic E-state index is 10.6. The fourth-order valence-corrected chi connectivity index (χ4v) is 1.17. The number of hydrogen-bond donors (Lipinski definition) is 3. The first kappa shape index (κ1) is 13.8. The van der Waals surface area contributed by atoms with E-state index < -0.39 is 17.1 Å². The van der Waals surface area contributed by atoms with Crippen molar-refractivity contribution in [2.45, 2.75) is 19.1 Å². The summed E-state index contributed by atoms with van der Waals surface area (Å²) in [6, 6.07) is 3.74. The van der Waals surface area contributed by atoms with Crippen molar-refractivity contribution in [3.63, 3.8) is 0 Å². The minimum atomic E-state index is -0.689. The highest BCUT2D eigenvalue weighted by atomic mass is 16.6. The van der Waals surface area contributed by atoms with Gasteiger partial charge in [0.05, 0.1) is 11.0 Å². The average Bonchev–Trinajstić information content (AvgIpc) is 2.34. The normalized spacial score (nSPS) is 13.4. The minimum Gasteiger partial charge on any atom is -0.392 e. The molecule has 0 saturated heterocycles. The predicted molar refractivity (Wildman–Crippen MR) is 63.8 cm³/mol. The maximum Gasteiger partial charge on any atom is 0.305 e. The third kappa shape index (κ3) is 3.38. The number of pyridine rings is 1. The van der Waals surface area contributed by atoms with Gasteiger partial charge in [0.15, 0.2) is 0 Å². The molecular weight excluding hydrogens is 238 g/mol. The minimum absolute atomic E-state index is 0.243. The Kier molecular flexibility index (Phi) is 4.53. The van der Waals surface area contributed by atoms with Gasteiger partial charge in [0.25, 0.3) is 0 Å². The molecular formula is C10H13N5O3. The maximum atomic E-state index is 10.6. The van der Waals surface area contributed by atoms with Crippen molar-refractivity contribution < 1.29 is 10.0 Å². The molecule has 8 nitrogen and oxygen atoms in total.